The van der Waals surface area contributed by atoms with Gasteiger partial charge in [-0.1, -0.05) is 6.07 Å². The molecule has 14 heavy (non-hydrogen) atoms. The second-order valence-electron chi connectivity index (χ2n) is 2.90. The molecule has 0 atom stereocenters. The van der Waals surface area contributed by atoms with Crippen molar-refractivity contribution in [2.45, 2.75) is 12.7 Å². The highest BCUT2D eigenvalue weighted by atomic mass is 19.4. The van der Waals surface area contributed by atoms with Crippen molar-refractivity contribution in [3.63, 3.8) is 0 Å². The Kier molecular flexibility index (Phi) is 1.94. The number of imidazole rings is 1. The number of halogens is 3. The van der Waals surface area contributed by atoms with Crippen LogP contribution < -0.4 is 0 Å². The van der Waals surface area contributed by atoms with Crippen molar-refractivity contribution < 1.29 is 13.2 Å². The van der Waals surface area contributed by atoms with E-state index in [0.717, 1.165) is 4.57 Å². The van der Waals surface area contributed by atoms with Gasteiger partial charge in [0.15, 0.2) is 0 Å². The molecule has 0 fully saturated rings. The fourth-order valence-electron chi connectivity index (χ4n) is 1.27. The van der Waals surface area contributed by atoms with Crippen molar-refractivity contribution >= 4 is 11.0 Å². The van der Waals surface area contributed by atoms with Crippen LogP contribution in [-0.2, 0) is 6.54 Å². The monoisotopic (exact) mass is 199 g/mol. The molecule has 0 saturated carbocycles. The largest absolute Gasteiger partial charge is 0.406 e. The van der Waals surface area contributed by atoms with Crippen LogP contribution in [0.25, 0.3) is 11.0 Å². The number of nitrogens with zero attached hydrogens (tertiary/aromatic N) is 2. The Labute approximate surface area is 78.0 Å². The maximum atomic E-state index is 12.1. The Morgan fingerprint density at radius 2 is 2.21 bits per heavy atom. The van der Waals surface area contributed by atoms with E-state index in [2.05, 4.69) is 11.1 Å². The maximum Gasteiger partial charge on any atom is 0.406 e. The molecule has 1 heterocycles. The van der Waals surface area contributed by atoms with Gasteiger partial charge in [0.2, 0.25) is 0 Å². The van der Waals surface area contributed by atoms with E-state index < -0.39 is 12.7 Å². The lowest BCUT2D eigenvalue weighted by atomic mass is 10.3. The molecule has 73 valence electrons. The van der Waals surface area contributed by atoms with Crippen LogP contribution in [0.4, 0.5) is 13.2 Å². The van der Waals surface area contributed by atoms with Crippen LogP contribution in [0.3, 0.4) is 0 Å². The van der Waals surface area contributed by atoms with E-state index in [4.69, 9.17) is 0 Å². The normalized spacial score (nSPS) is 12.2. The molecule has 2 rings (SSSR count). The topological polar surface area (TPSA) is 17.8 Å². The van der Waals surface area contributed by atoms with Crippen LogP contribution in [0.15, 0.2) is 24.5 Å². The van der Waals surface area contributed by atoms with E-state index in [0.29, 0.717) is 11.0 Å². The van der Waals surface area contributed by atoms with Crippen LogP contribution in [0, 0.1) is 6.07 Å². The highest BCUT2D eigenvalue weighted by Crippen LogP contribution is 2.20. The second-order valence-corrected chi connectivity index (χ2v) is 2.90. The molecule has 0 aliphatic rings. The number of benzene rings is 1. The van der Waals surface area contributed by atoms with Crippen LogP contribution >= 0.6 is 0 Å². The van der Waals surface area contributed by atoms with Gasteiger partial charge in [-0.25, -0.2) is 4.98 Å². The van der Waals surface area contributed by atoms with Gasteiger partial charge in [0.1, 0.15) is 6.54 Å². The number of hydrogen-bond donors (Lipinski definition) is 0. The van der Waals surface area contributed by atoms with E-state index in [1.807, 2.05) is 0 Å². The first kappa shape index (κ1) is 9.05. The standard InChI is InChI=1S/C9H6F3N2/c10-9(11,12)5-14-6-13-7-3-1-2-4-8(7)14/h2-4,6H,5H2. The summed E-state index contributed by atoms with van der Waals surface area (Å²) in [6.07, 6.45) is -3.03. The van der Waals surface area contributed by atoms with E-state index in [9.17, 15) is 13.2 Å². The summed E-state index contributed by atoms with van der Waals surface area (Å²) in [5, 5.41) is 0. The fraction of sp³-hybridized carbons (Fsp3) is 0.222. The Bertz CT molecular complexity index is 444. The predicted octanol–water partition coefficient (Wildman–Crippen LogP) is 2.40. The van der Waals surface area contributed by atoms with Crippen LogP contribution in [0.2, 0.25) is 0 Å². The molecule has 0 N–H and O–H groups in total. The van der Waals surface area contributed by atoms with Gasteiger partial charge in [0, 0.05) is 0 Å². The minimum absolute atomic E-state index is 0.473. The summed E-state index contributed by atoms with van der Waals surface area (Å²) in [5.74, 6) is 0. The van der Waals surface area contributed by atoms with Gasteiger partial charge in [-0.15, -0.1) is 0 Å². The molecule has 0 unspecified atom stereocenters. The summed E-state index contributed by atoms with van der Waals surface area (Å²) in [5.41, 5.74) is 0.998. The van der Waals surface area contributed by atoms with Gasteiger partial charge in [-0.3, -0.25) is 0 Å². The number of hydrogen-bond acceptors (Lipinski definition) is 1. The summed E-state index contributed by atoms with van der Waals surface area (Å²) in [7, 11) is 0. The molecular weight excluding hydrogens is 193 g/mol. The van der Waals surface area contributed by atoms with Crippen LogP contribution in [-0.4, -0.2) is 15.7 Å². The first-order valence-corrected chi connectivity index (χ1v) is 3.94. The van der Waals surface area contributed by atoms with Gasteiger partial charge in [-0.2, -0.15) is 13.2 Å². The smallest absolute Gasteiger partial charge is 0.321 e. The molecular formula is C9H6F3N2. The number of rotatable bonds is 1. The Morgan fingerprint density at radius 3 is 2.93 bits per heavy atom. The number of aromatic nitrogens is 2. The van der Waals surface area contributed by atoms with Crippen molar-refractivity contribution in [2.75, 3.05) is 0 Å². The molecule has 0 spiro atoms. The lowest BCUT2D eigenvalue weighted by molar-refractivity contribution is -0.139. The zero-order valence-corrected chi connectivity index (χ0v) is 7.04. The molecule has 0 aliphatic carbocycles. The molecule has 2 nitrogen and oxygen atoms in total. The van der Waals surface area contributed by atoms with Crippen molar-refractivity contribution in [3.8, 4) is 0 Å². The van der Waals surface area contributed by atoms with Gasteiger partial charge in [0.05, 0.1) is 17.4 Å². The SMILES string of the molecule is FC(F)(F)Cn1cnc2c[c]ccc21. The first-order chi connectivity index (χ1) is 6.56. The van der Waals surface area contributed by atoms with Crippen LogP contribution in [0.5, 0.6) is 0 Å². The molecule has 1 aromatic carbocycles. The predicted molar refractivity (Wildman–Crippen MR) is 44.6 cm³/mol. The average Bonchev–Trinajstić information content (AvgIpc) is 2.47. The number of fused-ring (bicyclic) bond motifs is 1. The fourth-order valence-corrected chi connectivity index (χ4v) is 1.27. The third kappa shape index (κ3) is 1.71. The van der Waals surface area contributed by atoms with Crippen molar-refractivity contribution in [1.82, 2.24) is 9.55 Å². The Morgan fingerprint density at radius 1 is 1.43 bits per heavy atom. The van der Waals surface area contributed by atoms with Gasteiger partial charge >= 0.3 is 6.18 Å². The Balaban J connectivity index is 2.44. The van der Waals surface area contributed by atoms with Crippen molar-refractivity contribution in [3.05, 3.63) is 30.6 Å². The third-order valence-corrected chi connectivity index (χ3v) is 1.82. The minimum atomic E-state index is -4.22. The second kappa shape index (κ2) is 3.01. The van der Waals surface area contributed by atoms with Gasteiger partial charge in [0.25, 0.3) is 0 Å². The molecule has 0 amide bonds. The van der Waals surface area contributed by atoms with Gasteiger partial charge in [-0.05, 0) is 18.2 Å². The number of alkyl halides is 3. The maximum absolute atomic E-state index is 12.1. The van der Waals surface area contributed by atoms with Crippen molar-refractivity contribution in [1.29, 1.82) is 0 Å². The Hall–Kier alpha value is -1.52. The van der Waals surface area contributed by atoms with Crippen LogP contribution in [0.1, 0.15) is 0 Å². The molecule has 0 bridgehead atoms. The summed E-state index contributed by atoms with van der Waals surface area (Å²) in [4.78, 5) is 3.83. The van der Waals surface area contributed by atoms with Gasteiger partial charge < -0.3 is 4.57 Å². The zero-order chi connectivity index (χ0) is 10.2. The molecule has 1 aromatic heterocycles. The highest BCUT2D eigenvalue weighted by Gasteiger charge is 2.28. The summed E-state index contributed by atoms with van der Waals surface area (Å²) in [6, 6.07) is 7.44. The first-order valence-electron chi connectivity index (χ1n) is 3.94. The van der Waals surface area contributed by atoms with Crippen molar-refractivity contribution in [2.24, 2.45) is 0 Å². The lowest BCUT2D eigenvalue weighted by Gasteiger charge is -2.07. The lowest BCUT2D eigenvalue weighted by Crippen LogP contribution is -2.16. The third-order valence-electron chi connectivity index (χ3n) is 1.82. The van der Waals surface area contributed by atoms with E-state index in [1.165, 1.54) is 6.33 Å². The molecule has 0 aliphatic heterocycles. The molecule has 0 saturated heterocycles. The molecule has 1 radical (unpaired) electrons. The zero-order valence-electron chi connectivity index (χ0n) is 7.04. The summed E-state index contributed by atoms with van der Waals surface area (Å²) >= 11 is 0. The average molecular weight is 199 g/mol. The summed E-state index contributed by atoms with van der Waals surface area (Å²) < 4.78 is 37.3. The quantitative estimate of drug-likeness (QED) is 0.689. The van der Waals surface area contributed by atoms with E-state index in [-0.39, 0.29) is 0 Å². The molecule has 2 aromatic rings. The van der Waals surface area contributed by atoms with E-state index >= 15 is 0 Å². The molecule has 5 heteroatoms. The minimum Gasteiger partial charge on any atom is -0.321 e. The highest BCUT2D eigenvalue weighted by molar-refractivity contribution is 5.74. The summed E-state index contributed by atoms with van der Waals surface area (Å²) in [6.45, 7) is -1.01. The van der Waals surface area contributed by atoms with E-state index in [1.54, 1.807) is 18.2 Å².